The van der Waals surface area contributed by atoms with Gasteiger partial charge in [0.05, 0.1) is 30.0 Å². The fourth-order valence-corrected chi connectivity index (χ4v) is 9.57. The van der Waals surface area contributed by atoms with Crippen LogP contribution in [0.1, 0.15) is 97.9 Å². The fourth-order valence-electron chi connectivity index (χ4n) is 9.57. The summed E-state index contributed by atoms with van der Waals surface area (Å²) in [6.07, 6.45) is 9.57. The SMILES string of the molecule is C[C@H](CCCC(C)(C)O)[C@H]1CC[C@H]2/C(=C/C3C4=C(CC[C@H](O)[C@@H]4O)Cn4c(=O)n(-c5ccc(N(C)C)cc5)c(=O)n43)CCC[C@]12C. The number of nitrogens with zero attached hydrogens (tertiary/aromatic N) is 4. The molecule has 1 unspecified atom stereocenters. The summed E-state index contributed by atoms with van der Waals surface area (Å²) in [7, 11) is 3.89. The summed E-state index contributed by atoms with van der Waals surface area (Å²) >= 11 is 0. The molecule has 3 aliphatic carbocycles. The van der Waals surface area contributed by atoms with E-state index in [0.29, 0.717) is 41.9 Å². The van der Waals surface area contributed by atoms with Gasteiger partial charge in [-0.3, -0.25) is 0 Å². The van der Waals surface area contributed by atoms with Gasteiger partial charge in [0.15, 0.2) is 0 Å². The van der Waals surface area contributed by atoms with Crippen molar-refractivity contribution < 1.29 is 15.3 Å². The van der Waals surface area contributed by atoms with Gasteiger partial charge in [-0.15, -0.1) is 0 Å². The van der Waals surface area contributed by atoms with Crippen molar-refractivity contribution in [2.75, 3.05) is 19.0 Å². The van der Waals surface area contributed by atoms with Gasteiger partial charge in [-0.1, -0.05) is 38.3 Å². The normalized spacial score (nSPS) is 31.1. The van der Waals surface area contributed by atoms with Crippen molar-refractivity contribution in [3.63, 3.8) is 0 Å². The minimum absolute atomic E-state index is 0.138. The summed E-state index contributed by atoms with van der Waals surface area (Å²) in [6.45, 7) is 8.84. The molecule has 2 fully saturated rings. The van der Waals surface area contributed by atoms with Crippen LogP contribution in [0.25, 0.3) is 5.69 Å². The highest BCUT2D eigenvalue weighted by Crippen LogP contribution is 2.60. The zero-order valence-electron chi connectivity index (χ0n) is 28.6. The van der Waals surface area contributed by atoms with E-state index in [2.05, 4.69) is 19.9 Å². The molecule has 1 aromatic carbocycles. The van der Waals surface area contributed by atoms with Crippen LogP contribution in [0.15, 0.2) is 56.6 Å². The summed E-state index contributed by atoms with van der Waals surface area (Å²) in [6, 6.07) is 6.78. The molecule has 6 rings (SSSR count). The lowest BCUT2D eigenvalue weighted by molar-refractivity contribution is 0.0210. The number of benzene rings is 1. The maximum absolute atomic E-state index is 14.3. The van der Waals surface area contributed by atoms with E-state index >= 15 is 0 Å². The molecule has 2 heterocycles. The van der Waals surface area contributed by atoms with Crippen molar-refractivity contribution in [1.29, 1.82) is 0 Å². The lowest BCUT2D eigenvalue weighted by Gasteiger charge is -2.45. The van der Waals surface area contributed by atoms with Gasteiger partial charge in [0.1, 0.15) is 6.10 Å². The number of aliphatic hydroxyl groups excluding tert-OH is 2. The number of aromatic nitrogens is 3. The molecule has 3 N–H and O–H groups in total. The molecular formula is C37H54N4O5. The second-order valence-corrected chi connectivity index (χ2v) is 15.8. The minimum atomic E-state index is -1.08. The maximum atomic E-state index is 14.3. The second kappa shape index (κ2) is 12.3. The van der Waals surface area contributed by atoms with Gasteiger partial charge in [0.2, 0.25) is 0 Å². The van der Waals surface area contributed by atoms with Gasteiger partial charge in [0, 0.05) is 19.8 Å². The molecule has 2 aromatic rings. The molecule has 0 amide bonds. The van der Waals surface area contributed by atoms with Crippen molar-refractivity contribution in [3.8, 4) is 5.69 Å². The number of allylic oxidation sites excluding steroid dienone is 3. The third-order valence-corrected chi connectivity index (χ3v) is 12.0. The molecule has 0 saturated heterocycles. The molecule has 7 atom stereocenters. The highest BCUT2D eigenvalue weighted by Gasteiger charge is 2.51. The van der Waals surface area contributed by atoms with Gasteiger partial charge in [-0.25, -0.2) is 23.5 Å². The predicted octanol–water partition coefficient (Wildman–Crippen LogP) is 4.95. The Bertz CT molecular complexity index is 1620. The smallest absolute Gasteiger partial charge is 0.352 e. The van der Waals surface area contributed by atoms with Crippen molar-refractivity contribution in [3.05, 3.63) is 68.0 Å². The number of hydrogen-bond acceptors (Lipinski definition) is 6. The third kappa shape index (κ3) is 5.77. The van der Waals surface area contributed by atoms with Crippen molar-refractivity contribution in [1.82, 2.24) is 13.9 Å². The summed E-state index contributed by atoms with van der Waals surface area (Å²) in [4.78, 5) is 30.2. The molecule has 9 heteroatoms. The van der Waals surface area contributed by atoms with Crippen LogP contribution in [0.3, 0.4) is 0 Å². The lowest BCUT2D eigenvalue weighted by atomic mass is 9.60. The van der Waals surface area contributed by atoms with Gasteiger partial charge in [-0.05, 0) is 124 Å². The Hall–Kier alpha value is -2.88. The fraction of sp³-hybridized carbons (Fsp3) is 0.676. The van der Waals surface area contributed by atoms with Gasteiger partial charge in [-0.2, -0.15) is 0 Å². The molecule has 1 aliphatic heterocycles. The van der Waals surface area contributed by atoms with E-state index < -0.39 is 29.5 Å². The van der Waals surface area contributed by atoms with Crippen LogP contribution in [-0.4, -0.2) is 61.2 Å². The van der Waals surface area contributed by atoms with E-state index in [0.717, 1.165) is 56.2 Å². The molecule has 1 aromatic heterocycles. The summed E-state index contributed by atoms with van der Waals surface area (Å²) in [5.41, 5.74) is 3.14. The van der Waals surface area contributed by atoms with E-state index in [1.54, 1.807) is 21.5 Å². The second-order valence-electron chi connectivity index (χ2n) is 15.8. The van der Waals surface area contributed by atoms with Crippen LogP contribution < -0.4 is 16.3 Å². The summed E-state index contributed by atoms with van der Waals surface area (Å²) < 4.78 is 4.35. The van der Waals surface area contributed by atoms with Crippen LogP contribution in [0.4, 0.5) is 5.69 Å². The Morgan fingerprint density at radius 2 is 1.78 bits per heavy atom. The summed E-state index contributed by atoms with van der Waals surface area (Å²) in [5, 5.41) is 32.4. The molecule has 0 spiro atoms. The average molecular weight is 635 g/mol. The molecule has 46 heavy (non-hydrogen) atoms. The number of fused-ring (bicyclic) bond motifs is 2. The molecule has 252 valence electrons. The first-order chi connectivity index (χ1) is 21.7. The van der Waals surface area contributed by atoms with E-state index in [-0.39, 0.29) is 17.6 Å². The van der Waals surface area contributed by atoms with Crippen LogP contribution in [0.5, 0.6) is 0 Å². The van der Waals surface area contributed by atoms with Gasteiger partial charge >= 0.3 is 11.4 Å². The topological polar surface area (TPSA) is 113 Å². The van der Waals surface area contributed by atoms with E-state index in [9.17, 15) is 24.9 Å². The van der Waals surface area contributed by atoms with E-state index in [1.807, 2.05) is 45.0 Å². The minimum Gasteiger partial charge on any atom is -0.390 e. The maximum Gasteiger partial charge on any atom is 0.352 e. The quantitative estimate of drug-likeness (QED) is 0.354. The number of aliphatic hydroxyl groups is 3. The molecule has 0 radical (unpaired) electrons. The zero-order valence-corrected chi connectivity index (χ0v) is 28.6. The Morgan fingerprint density at radius 3 is 2.46 bits per heavy atom. The average Bonchev–Trinajstić information content (AvgIpc) is 3.47. The van der Waals surface area contributed by atoms with Gasteiger partial charge in [0.25, 0.3) is 0 Å². The van der Waals surface area contributed by atoms with Crippen LogP contribution in [-0.2, 0) is 6.54 Å². The molecule has 9 nitrogen and oxygen atoms in total. The number of rotatable bonds is 8. The zero-order chi connectivity index (χ0) is 33.1. The third-order valence-electron chi connectivity index (χ3n) is 12.0. The highest BCUT2D eigenvalue weighted by molar-refractivity contribution is 5.50. The predicted molar refractivity (Wildman–Crippen MR) is 181 cm³/mol. The van der Waals surface area contributed by atoms with E-state index in [1.165, 1.54) is 16.6 Å². The molecular weight excluding hydrogens is 580 g/mol. The van der Waals surface area contributed by atoms with Crippen LogP contribution in [0, 0.1) is 23.2 Å². The molecule has 2 saturated carbocycles. The van der Waals surface area contributed by atoms with E-state index in [4.69, 9.17) is 0 Å². The Kier molecular flexibility index (Phi) is 8.83. The largest absolute Gasteiger partial charge is 0.390 e. The monoisotopic (exact) mass is 634 g/mol. The van der Waals surface area contributed by atoms with Crippen LogP contribution >= 0.6 is 0 Å². The molecule has 0 bridgehead atoms. The van der Waals surface area contributed by atoms with Crippen molar-refractivity contribution in [2.24, 2.45) is 23.2 Å². The van der Waals surface area contributed by atoms with Crippen LogP contribution in [0.2, 0.25) is 0 Å². The first kappa shape index (κ1) is 33.0. The molecule has 4 aliphatic rings. The van der Waals surface area contributed by atoms with Crippen molar-refractivity contribution >= 4 is 5.69 Å². The standard InChI is InChI=1S/C37H54N4O5/c1-23(9-7-19-36(2,3)46)28-16-17-29-24(10-8-20-37(28,29)4)21-30-32-25(11-18-31(42)33(32)43)22-39-34(44)40(35(45)41(30)39)27-14-12-26(13-15-27)38(5)6/h12-15,21,23,28-31,33,42-43,46H,7-11,16-20,22H2,1-6H3/b24-21+/t23-,28-,29+,30?,31+,33+,37-/m1/s1. The Labute approximate surface area is 272 Å². The highest BCUT2D eigenvalue weighted by atomic mass is 16.3. The summed E-state index contributed by atoms with van der Waals surface area (Å²) in [5.74, 6) is 1.51. The number of hydrogen-bond donors (Lipinski definition) is 3. The Morgan fingerprint density at radius 1 is 1.07 bits per heavy atom. The first-order valence-corrected chi connectivity index (χ1v) is 17.4. The Balaban J connectivity index is 1.39. The van der Waals surface area contributed by atoms with Gasteiger partial charge < -0.3 is 20.2 Å². The first-order valence-electron chi connectivity index (χ1n) is 17.4. The lowest BCUT2D eigenvalue weighted by Crippen LogP contribution is -2.44. The van der Waals surface area contributed by atoms with Crippen molar-refractivity contribution in [2.45, 2.75) is 122 Å². The number of anilines is 1.